The lowest BCUT2D eigenvalue weighted by atomic mass is 10.1. The number of halogens is 1. The number of benzene rings is 1. The van der Waals surface area contributed by atoms with E-state index in [2.05, 4.69) is 20.7 Å². The number of rotatable bonds is 9. The molecule has 0 aliphatic heterocycles. The number of carbonyl (C=O) groups is 4. The summed E-state index contributed by atoms with van der Waals surface area (Å²) in [4.78, 5) is 45.2. The molecule has 1 rings (SSSR count). The summed E-state index contributed by atoms with van der Waals surface area (Å²) in [6.07, 6.45) is 2.22. The lowest BCUT2D eigenvalue weighted by Gasteiger charge is -2.09. The SMILES string of the molecule is COC(=O)C=CC(=O)OCC(Br)CCC(=O)OC(=O)Cc1ccccc1. The van der Waals surface area contributed by atoms with E-state index in [0.29, 0.717) is 6.42 Å². The van der Waals surface area contributed by atoms with Crippen molar-refractivity contribution in [2.24, 2.45) is 0 Å². The summed E-state index contributed by atoms with van der Waals surface area (Å²) in [5, 5.41) is 0. The van der Waals surface area contributed by atoms with E-state index >= 15 is 0 Å². The summed E-state index contributed by atoms with van der Waals surface area (Å²) in [7, 11) is 1.19. The maximum absolute atomic E-state index is 11.7. The van der Waals surface area contributed by atoms with E-state index in [0.717, 1.165) is 17.7 Å². The standard InChI is InChI=1S/C18H19BrO7/c1-24-15(20)9-10-16(21)25-12-14(19)7-8-17(22)26-18(23)11-13-5-3-2-4-6-13/h2-6,9-10,14H,7-8,11-12H2,1H3. The van der Waals surface area contributed by atoms with Gasteiger partial charge in [0.15, 0.2) is 0 Å². The van der Waals surface area contributed by atoms with Crippen LogP contribution in [0.3, 0.4) is 0 Å². The highest BCUT2D eigenvalue weighted by molar-refractivity contribution is 9.09. The molecule has 0 fully saturated rings. The summed E-state index contributed by atoms with van der Waals surface area (Å²) in [6, 6.07) is 8.95. The molecule has 0 N–H and O–H groups in total. The highest BCUT2D eigenvalue weighted by atomic mass is 79.9. The molecule has 140 valence electrons. The molecule has 0 saturated carbocycles. The zero-order chi connectivity index (χ0) is 19.4. The minimum Gasteiger partial charge on any atom is -0.466 e. The van der Waals surface area contributed by atoms with Crippen molar-refractivity contribution in [3.63, 3.8) is 0 Å². The molecule has 0 heterocycles. The highest BCUT2D eigenvalue weighted by Gasteiger charge is 2.14. The first-order chi connectivity index (χ1) is 12.4. The molecular formula is C18H19BrO7. The van der Waals surface area contributed by atoms with Gasteiger partial charge in [0.05, 0.1) is 13.5 Å². The van der Waals surface area contributed by atoms with Crippen molar-refractivity contribution in [1.82, 2.24) is 0 Å². The molecule has 0 radical (unpaired) electrons. The van der Waals surface area contributed by atoms with Crippen LogP contribution in [0.1, 0.15) is 18.4 Å². The Hall–Kier alpha value is -2.48. The molecule has 26 heavy (non-hydrogen) atoms. The van der Waals surface area contributed by atoms with Crippen molar-refractivity contribution in [1.29, 1.82) is 0 Å². The third-order valence-corrected chi connectivity index (χ3v) is 3.77. The van der Waals surface area contributed by atoms with Crippen molar-refractivity contribution in [3.05, 3.63) is 48.0 Å². The smallest absolute Gasteiger partial charge is 0.331 e. The minimum absolute atomic E-state index is 0.00438. The molecule has 1 atom stereocenters. The normalized spacial score (nSPS) is 11.6. The lowest BCUT2D eigenvalue weighted by Crippen LogP contribution is -2.17. The van der Waals surface area contributed by atoms with Gasteiger partial charge in [-0.25, -0.2) is 9.59 Å². The van der Waals surface area contributed by atoms with Gasteiger partial charge in [-0.1, -0.05) is 46.3 Å². The van der Waals surface area contributed by atoms with Crippen LogP contribution in [0, 0.1) is 0 Å². The quantitative estimate of drug-likeness (QED) is 0.196. The van der Waals surface area contributed by atoms with E-state index in [1.54, 1.807) is 24.3 Å². The van der Waals surface area contributed by atoms with Crippen molar-refractivity contribution < 1.29 is 33.4 Å². The molecule has 1 aromatic carbocycles. The number of methoxy groups -OCH3 is 1. The fraction of sp³-hybridized carbons (Fsp3) is 0.333. The summed E-state index contributed by atoms with van der Waals surface area (Å²) in [6.45, 7) is -0.00438. The van der Waals surface area contributed by atoms with Gasteiger partial charge in [0, 0.05) is 23.4 Å². The van der Waals surface area contributed by atoms with Gasteiger partial charge in [-0.15, -0.1) is 0 Å². The van der Waals surface area contributed by atoms with Crippen molar-refractivity contribution in [2.45, 2.75) is 24.1 Å². The van der Waals surface area contributed by atoms with E-state index < -0.39 is 23.9 Å². The molecule has 0 amide bonds. The Morgan fingerprint density at radius 2 is 1.69 bits per heavy atom. The van der Waals surface area contributed by atoms with Gasteiger partial charge >= 0.3 is 23.9 Å². The Labute approximate surface area is 159 Å². The van der Waals surface area contributed by atoms with E-state index in [1.165, 1.54) is 7.11 Å². The molecule has 0 saturated heterocycles. The highest BCUT2D eigenvalue weighted by Crippen LogP contribution is 2.10. The first-order valence-corrected chi connectivity index (χ1v) is 8.66. The van der Waals surface area contributed by atoms with Crippen LogP contribution >= 0.6 is 15.9 Å². The fourth-order valence-corrected chi connectivity index (χ4v) is 2.12. The van der Waals surface area contributed by atoms with Gasteiger partial charge in [0.1, 0.15) is 6.61 Å². The monoisotopic (exact) mass is 426 g/mol. The summed E-state index contributed by atoms with van der Waals surface area (Å²) in [5.74, 6) is -2.64. The van der Waals surface area contributed by atoms with E-state index in [1.807, 2.05) is 6.07 Å². The second kappa shape index (κ2) is 12.0. The molecule has 8 heteroatoms. The Kier molecular flexibility index (Phi) is 9.93. The van der Waals surface area contributed by atoms with Crippen LogP contribution in [0.2, 0.25) is 0 Å². The van der Waals surface area contributed by atoms with E-state index in [9.17, 15) is 19.2 Å². The average Bonchev–Trinajstić information content (AvgIpc) is 2.63. The lowest BCUT2D eigenvalue weighted by molar-refractivity contribution is -0.159. The van der Waals surface area contributed by atoms with Gasteiger partial charge in [-0.2, -0.15) is 0 Å². The third-order valence-electron chi connectivity index (χ3n) is 3.04. The summed E-state index contributed by atoms with van der Waals surface area (Å²) >= 11 is 3.26. The topological polar surface area (TPSA) is 96.0 Å². The maximum Gasteiger partial charge on any atom is 0.331 e. The van der Waals surface area contributed by atoms with Gasteiger partial charge in [0.25, 0.3) is 0 Å². The Morgan fingerprint density at radius 3 is 2.35 bits per heavy atom. The minimum atomic E-state index is -0.708. The van der Waals surface area contributed by atoms with Crippen LogP contribution in [-0.2, 0) is 39.8 Å². The fourth-order valence-electron chi connectivity index (χ4n) is 1.76. The predicted octanol–water partition coefficient (Wildman–Crippen LogP) is 2.12. The van der Waals surface area contributed by atoms with Gasteiger partial charge in [-0.3, -0.25) is 9.59 Å². The molecular weight excluding hydrogens is 408 g/mol. The number of hydrogen-bond donors (Lipinski definition) is 0. The van der Waals surface area contributed by atoms with Crippen LogP contribution in [0.25, 0.3) is 0 Å². The maximum atomic E-state index is 11.7. The van der Waals surface area contributed by atoms with Crippen LogP contribution < -0.4 is 0 Å². The van der Waals surface area contributed by atoms with Crippen LogP contribution in [0.15, 0.2) is 42.5 Å². The molecule has 7 nitrogen and oxygen atoms in total. The van der Waals surface area contributed by atoms with Gasteiger partial charge in [-0.05, 0) is 12.0 Å². The number of hydrogen-bond acceptors (Lipinski definition) is 7. The Bertz CT molecular complexity index is 655. The number of alkyl halides is 1. The molecule has 0 aliphatic rings. The van der Waals surface area contributed by atoms with Gasteiger partial charge in [0.2, 0.25) is 0 Å². The van der Waals surface area contributed by atoms with Crippen molar-refractivity contribution in [3.8, 4) is 0 Å². The number of esters is 4. The Balaban J connectivity index is 2.23. The zero-order valence-electron chi connectivity index (χ0n) is 14.2. The summed E-state index contributed by atoms with van der Waals surface area (Å²) in [5.41, 5.74) is 0.760. The second-order valence-corrected chi connectivity index (χ2v) is 6.43. The number of ether oxygens (including phenoxy) is 3. The van der Waals surface area contributed by atoms with E-state index in [4.69, 9.17) is 9.47 Å². The second-order valence-electron chi connectivity index (χ2n) is 5.13. The predicted molar refractivity (Wildman–Crippen MR) is 95.3 cm³/mol. The summed E-state index contributed by atoms with van der Waals surface area (Å²) < 4.78 is 14.0. The molecule has 0 aromatic heterocycles. The van der Waals surface area contributed by atoms with E-state index in [-0.39, 0.29) is 24.3 Å². The molecule has 0 bridgehead atoms. The van der Waals surface area contributed by atoms with Gasteiger partial charge < -0.3 is 14.2 Å². The average molecular weight is 427 g/mol. The van der Waals surface area contributed by atoms with Crippen LogP contribution in [0.4, 0.5) is 0 Å². The van der Waals surface area contributed by atoms with Crippen molar-refractivity contribution in [2.75, 3.05) is 13.7 Å². The zero-order valence-corrected chi connectivity index (χ0v) is 15.8. The first-order valence-electron chi connectivity index (χ1n) is 7.75. The van der Waals surface area contributed by atoms with Crippen LogP contribution in [0.5, 0.6) is 0 Å². The molecule has 1 aromatic rings. The molecule has 0 aliphatic carbocycles. The first kappa shape index (κ1) is 21.6. The largest absolute Gasteiger partial charge is 0.466 e. The number of carbonyl (C=O) groups excluding carboxylic acids is 4. The molecule has 0 spiro atoms. The van der Waals surface area contributed by atoms with Crippen LogP contribution in [-0.4, -0.2) is 42.4 Å². The molecule has 1 unspecified atom stereocenters. The third kappa shape index (κ3) is 9.73. The van der Waals surface area contributed by atoms with Crippen molar-refractivity contribution >= 4 is 39.8 Å². The Morgan fingerprint density at radius 1 is 1.04 bits per heavy atom.